The minimum absolute atomic E-state index is 0.167. The highest BCUT2D eigenvalue weighted by atomic mass is 32.2. The fourth-order valence-electron chi connectivity index (χ4n) is 3.04. The fraction of sp³-hybridized carbons (Fsp3) is 0.412. The van der Waals surface area contributed by atoms with E-state index in [1.54, 1.807) is 21.7 Å². The van der Waals surface area contributed by atoms with Crippen molar-refractivity contribution in [3.05, 3.63) is 42.0 Å². The van der Waals surface area contributed by atoms with Gasteiger partial charge in [-0.25, -0.2) is 9.18 Å². The van der Waals surface area contributed by atoms with Gasteiger partial charge in [-0.15, -0.1) is 11.8 Å². The smallest absolute Gasteiger partial charge is 0.321 e. The molecule has 0 saturated carbocycles. The van der Waals surface area contributed by atoms with E-state index in [0.717, 1.165) is 19.4 Å². The van der Waals surface area contributed by atoms with Crippen LogP contribution in [0.25, 0.3) is 0 Å². The maximum Gasteiger partial charge on any atom is 0.321 e. The molecular formula is C17H21FN4OS. The zero-order chi connectivity index (χ0) is 17.1. The molecule has 1 N–H and O–H groups in total. The van der Waals surface area contributed by atoms with Gasteiger partial charge in [0.2, 0.25) is 0 Å². The number of rotatable bonds is 4. The summed E-state index contributed by atoms with van der Waals surface area (Å²) < 4.78 is 15.6. The van der Waals surface area contributed by atoms with Gasteiger partial charge in [0.15, 0.2) is 0 Å². The summed E-state index contributed by atoms with van der Waals surface area (Å²) in [5, 5.41) is 6.96. The molecule has 0 spiro atoms. The van der Waals surface area contributed by atoms with Crippen LogP contribution in [0.3, 0.4) is 0 Å². The Morgan fingerprint density at radius 1 is 1.50 bits per heavy atom. The van der Waals surface area contributed by atoms with E-state index < -0.39 is 0 Å². The summed E-state index contributed by atoms with van der Waals surface area (Å²) in [7, 11) is 1.90. The van der Waals surface area contributed by atoms with Crippen molar-refractivity contribution in [2.75, 3.05) is 24.7 Å². The van der Waals surface area contributed by atoms with Gasteiger partial charge in [-0.1, -0.05) is 0 Å². The lowest BCUT2D eigenvalue weighted by molar-refractivity contribution is 0.221. The number of carbonyl (C=O) groups is 1. The standard InChI is InChI=1S/C17H21FN4OS/c1-21-10-13(9-19-21)7-12-5-6-22(11-12)17(23)20-14-3-4-16(24-2)15(18)8-14/h3-4,8-10,12H,5-7,11H2,1-2H3,(H,20,23)/t12-/m0/s1. The number of benzene rings is 1. The number of nitrogens with zero attached hydrogens (tertiary/aromatic N) is 3. The molecule has 1 aromatic carbocycles. The summed E-state index contributed by atoms with van der Waals surface area (Å²) in [6.07, 6.45) is 7.61. The van der Waals surface area contributed by atoms with Crippen LogP contribution >= 0.6 is 11.8 Å². The molecule has 0 aliphatic carbocycles. The van der Waals surface area contributed by atoms with Gasteiger partial charge in [-0.3, -0.25) is 4.68 Å². The van der Waals surface area contributed by atoms with Gasteiger partial charge in [-0.05, 0) is 48.8 Å². The van der Waals surface area contributed by atoms with E-state index in [0.29, 0.717) is 23.0 Å². The van der Waals surface area contributed by atoms with Crippen LogP contribution < -0.4 is 5.32 Å². The molecule has 1 aliphatic heterocycles. The van der Waals surface area contributed by atoms with Gasteiger partial charge in [0.25, 0.3) is 0 Å². The molecule has 2 heterocycles. The van der Waals surface area contributed by atoms with Crippen LogP contribution in [0.1, 0.15) is 12.0 Å². The van der Waals surface area contributed by atoms with Crippen LogP contribution in [0.5, 0.6) is 0 Å². The largest absolute Gasteiger partial charge is 0.324 e. The number of nitrogens with one attached hydrogen (secondary N) is 1. The Hall–Kier alpha value is -2.02. The molecule has 5 nitrogen and oxygen atoms in total. The molecule has 24 heavy (non-hydrogen) atoms. The van der Waals surface area contributed by atoms with E-state index in [-0.39, 0.29) is 11.8 Å². The number of carbonyl (C=O) groups excluding carboxylic acids is 1. The minimum Gasteiger partial charge on any atom is -0.324 e. The summed E-state index contributed by atoms with van der Waals surface area (Å²) in [6.45, 7) is 1.44. The fourth-order valence-corrected chi connectivity index (χ4v) is 3.50. The molecule has 0 radical (unpaired) electrons. The number of urea groups is 1. The van der Waals surface area contributed by atoms with Crippen molar-refractivity contribution in [1.82, 2.24) is 14.7 Å². The van der Waals surface area contributed by atoms with Crippen molar-refractivity contribution in [2.24, 2.45) is 13.0 Å². The number of aromatic nitrogens is 2. The number of halogens is 1. The van der Waals surface area contributed by atoms with Gasteiger partial charge in [0.05, 0.1) is 6.20 Å². The molecule has 1 atom stereocenters. The summed E-state index contributed by atoms with van der Waals surface area (Å²) >= 11 is 1.35. The number of amides is 2. The Labute approximate surface area is 145 Å². The Morgan fingerprint density at radius 3 is 3.00 bits per heavy atom. The van der Waals surface area contributed by atoms with Crippen LogP contribution in [0.15, 0.2) is 35.5 Å². The predicted octanol–water partition coefficient (Wildman–Crippen LogP) is 3.38. The maximum absolute atomic E-state index is 13.8. The van der Waals surface area contributed by atoms with Crippen LogP contribution in [0, 0.1) is 11.7 Å². The van der Waals surface area contributed by atoms with Crippen LogP contribution in [0.4, 0.5) is 14.9 Å². The SMILES string of the molecule is CSc1ccc(NC(=O)N2CC[C@@H](Cc3cnn(C)c3)C2)cc1F. The highest BCUT2D eigenvalue weighted by molar-refractivity contribution is 7.98. The molecule has 1 aromatic heterocycles. The Morgan fingerprint density at radius 2 is 2.33 bits per heavy atom. The first-order valence-corrected chi connectivity index (χ1v) is 9.14. The van der Waals surface area contributed by atoms with Crippen molar-refractivity contribution in [2.45, 2.75) is 17.7 Å². The first-order chi connectivity index (χ1) is 11.5. The lowest BCUT2D eigenvalue weighted by Crippen LogP contribution is -2.33. The van der Waals surface area contributed by atoms with Crippen molar-refractivity contribution in [1.29, 1.82) is 0 Å². The second-order valence-electron chi connectivity index (χ2n) is 6.11. The second-order valence-corrected chi connectivity index (χ2v) is 6.95. The van der Waals surface area contributed by atoms with E-state index in [2.05, 4.69) is 10.4 Å². The number of hydrogen-bond acceptors (Lipinski definition) is 3. The monoisotopic (exact) mass is 348 g/mol. The van der Waals surface area contributed by atoms with Crippen LogP contribution in [0.2, 0.25) is 0 Å². The highest BCUT2D eigenvalue weighted by Gasteiger charge is 2.26. The van der Waals surface area contributed by atoms with Gasteiger partial charge in [-0.2, -0.15) is 5.10 Å². The highest BCUT2D eigenvalue weighted by Crippen LogP contribution is 2.24. The third kappa shape index (κ3) is 3.90. The quantitative estimate of drug-likeness (QED) is 0.862. The number of likely N-dealkylation sites (tertiary alicyclic amines) is 1. The van der Waals surface area contributed by atoms with Crippen molar-refractivity contribution >= 4 is 23.5 Å². The average molecular weight is 348 g/mol. The Balaban J connectivity index is 1.55. The van der Waals surface area contributed by atoms with E-state index in [1.165, 1.54) is 23.4 Å². The third-order valence-electron chi connectivity index (χ3n) is 4.26. The topological polar surface area (TPSA) is 50.2 Å². The van der Waals surface area contributed by atoms with Gasteiger partial charge >= 0.3 is 6.03 Å². The number of thioether (sulfide) groups is 1. The van der Waals surface area contributed by atoms with Gasteiger partial charge in [0, 0.05) is 36.9 Å². The van der Waals surface area contributed by atoms with E-state index in [9.17, 15) is 9.18 Å². The second kappa shape index (κ2) is 7.25. The lowest BCUT2D eigenvalue weighted by Gasteiger charge is -2.17. The molecule has 1 fully saturated rings. The third-order valence-corrected chi connectivity index (χ3v) is 5.03. The van der Waals surface area contributed by atoms with Crippen molar-refractivity contribution < 1.29 is 9.18 Å². The van der Waals surface area contributed by atoms with Crippen LogP contribution in [-0.2, 0) is 13.5 Å². The van der Waals surface area contributed by atoms with E-state index in [4.69, 9.17) is 0 Å². The summed E-state index contributed by atoms with van der Waals surface area (Å²) in [5.74, 6) is 0.131. The molecule has 2 amide bonds. The lowest BCUT2D eigenvalue weighted by atomic mass is 10.0. The number of hydrogen-bond donors (Lipinski definition) is 1. The Kier molecular flexibility index (Phi) is 5.08. The van der Waals surface area contributed by atoms with E-state index >= 15 is 0 Å². The number of anilines is 1. The molecule has 0 unspecified atom stereocenters. The molecule has 2 aromatic rings. The molecular weight excluding hydrogens is 327 g/mol. The summed E-state index contributed by atoms with van der Waals surface area (Å²) in [5.41, 5.74) is 1.69. The first-order valence-electron chi connectivity index (χ1n) is 7.92. The average Bonchev–Trinajstić information content (AvgIpc) is 3.17. The zero-order valence-corrected chi connectivity index (χ0v) is 14.6. The zero-order valence-electron chi connectivity index (χ0n) is 13.8. The van der Waals surface area contributed by atoms with E-state index in [1.807, 2.05) is 25.7 Å². The number of aryl methyl sites for hydroxylation is 1. The predicted molar refractivity (Wildman–Crippen MR) is 93.8 cm³/mol. The first kappa shape index (κ1) is 16.8. The summed E-state index contributed by atoms with van der Waals surface area (Å²) in [4.78, 5) is 14.7. The maximum atomic E-state index is 13.8. The Bertz CT molecular complexity index is 733. The van der Waals surface area contributed by atoms with Gasteiger partial charge < -0.3 is 10.2 Å². The molecule has 1 aliphatic rings. The summed E-state index contributed by atoms with van der Waals surface area (Å²) in [6, 6.07) is 4.62. The molecule has 7 heteroatoms. The molecule has 3 rings (SSSR count). The van der Waals surface area contributed by atoms with Gasteiger partial charge in [0.1, 0.15) is 5.82 Å². The molecule has 128 valence electrons. The van der Waals surface area contributed by atoms with Crippen LogP contribution in [-0.4, -0.2) is 40.1 Å². The minimum atomic E-state index is -0.309. The normalized spacial score (nSPS) is 17.3. The molecule has 1 saturated heterocycles. The van der Waals surface area contributed by atoms with Crippen molar-refractivity contribution in [3.8, 4) is 0 Å². The molecule has 0 bridgehead atoms. The van der Waals surface area contributed by atoms with Crippen molar-refractivity contribution in [3.63, 3.8) is 0 Å².